The standard InChI is InChI=1S/C11H14F2.C2H6/c1-4-11(2,3)8-6-5-7-9(12)10(8)13;1-2/h5-7H,4H2,1-3H3;1-2H3. The van der Waals surface area contributed by atoms with Gasteiger partial charge < -0.3 is 0 Å². The van der Waals surface area contributed by atoms with Crippen LogP contribution in [0.5, 0.6) is 0 Å². The molecule has 86 valence electrons. The van der Waals surface area contributed by atoms with E-state index >= 15 is 0 Å². The summed E-state index contributed by atoms with van der Waals surface area (Å²) in [6, 6.07) is 4.33. The molecule has 0 aliphatic heterocycles. The molecule has 1 aromatic carbocycles. The molecule has 0 nitrogen and oxygen atoms in total. The SMILES string of the molecule is CC.CCC(C)(C)c1cccc(F)c1F. The summed E-state index contributed by atoms with van der Waals surface area (Å²) in [5, 5.41) is 0. The maximum Gasteiger partial charge on any atom is 0.162 e. The van der Waals surface area contributed by atoms with E-state index in [1.54, 1.807) is 12.1 Å². The fourth-order valence-electron chi connectivity index (χ4n) is 1.22. The van der Waals surface area contributed by atoms with E-state index in [2.05, 4.69) is 0 Å². The van der Waals surface area contributed by atoms with Crippen LogP contribution in [0.2, 0.25) is 0 Å². The molecule has 1 rings (SSSR count). The summed E-state index contributed by atoms with van der Waals surface area (Å²) in [6.45, 7) is 9.78. The highest BCUT2D eigenvalue weighted by Crippen LogP contribution is 2.29. The number of benzene rings is 1. The van der Waals surface area contributed by atoms with Crippen LogP contribution in [0.15, 0.2) is 18.2 Å². The maximum atomic E-state index is 13.3. The predicted molar refractivity (Wildman–Crippen MR) is 61.0 cm³/mol. The molecule has 0 amide bonds. The molecule has 0 aromatic heterocycles. The van der Waals surface area contributed by atoms with Gasteiger partial charge in [-0.25, -0.2) is 8.78 Å². The Morgan fingerprint density at radius 3 is 2.13 bits per heavy atom. The molecule has 0 bridgehead atoms. The first kappa shape index (κ1) is 14.1. The van der Waals surface area contributed by atoms with Crippen molar-refractivity contribution in [3.8, 4) is 0 Å². The zero-order chi connectivity index (χ0) is 12.1. The third kappa shape index (κ3) is 3.29. The van der Waals surface area contributed by atoms with Gasteiger partial charge >= 0.3 is 0 Å². The van der Waals surface area contributed by atoms with Crippen LogP contribution in [-0.4, -0.2) is 0 Å². The van der Waals surface area contributed by atoms with Gasteiger partial charge in [-0.2, -0.15) is 0 Å². The fraction of sp³-hybridized carbons (Fsp3) is 0.538. The van der Waals surface area contributed by atoms with E-state index in [-0.39, 0.29) is 5.41 Å². The predicted octanol–water partition coefficient (Wildman–Crippen LogP) is 4.68. The fourth-order valence-corrected chi connectivity index (χ4v) is 1.22. The lowest BCUT2D eigenvalue weighted by atomic mass is 9.82. The van der Waals surface area contributed by atoms with Crippen molar-refractivity contribution in [3.63, 3.8) is 0 Å². The number of halogens is 2. The smallest absolute Gasteiger partial charge is 0.162 e. The molecule has 0 unspecified atom stereocenters. The second-order valence-electron chi connectivity index (χ2n) is 3.84. The van der Waals surface area contributed by atoms with E-state index in [0.717, 1.165) is 12.5 Å². The molecule has 0 saturated heterocycles. The highest BCUT2D eigenvalue weighted by atomic mass is 19.2. The molecule has 0 heterocycles. The highest BCUT2D eigenvalue weighted by molar-refractivity contribution is 5.26. The topological polar surface area (TPSA) is 0 Å². The van der Waals surface area contributed by atoms with E-state index in [1.165, 1.54) is 0 Å². The van der Waals surface area contributed by atoms with Crippen LogP contribution in [0.25, 0.3) is 0 Å². The van der Waals surface area contributed by atoms with Crippen molar-refractivity contribution < 1.29 is 8.78 Å². The van der Waals surface area contributed by atoms with Crippen LogP contribution in [0.1, 0.15) is 46.6 Å². The summed E-state index contributed by atoms with van der Waals surface area (Å²) in [5.74, 6) is -1.48. The van der Waals surface area contributed by atoms with Gasteiger partial charge in [0.15, 0.2) is 11.6 Å². The Morgan fingerprint density at radius 2 is 1.67 bits per heavy atom. The van der Waals surface area contributed by atoms with E-state index in [4.69, 9.17) is 0 Å². The number of hydrogen-bond acceptors (Lipinski definition) is 0. The second kappa shape index (κ2) is 5.84. The largest absolute Gasteiger partial charge is 0.204 e. The van der Waals surface area contributed by atoms with E-state index in [9.17, 15) is 8.78 Å². The molecule has 2 heteroatoms. The molecule has 0 aliphatic rings. The van der Waals surface area contributed by atoms with Crippen molar-refractivity contribution in [2.45, 2.75) is 46.5 Å². The van der Waals surface area contributed by atoms with Gasteiger partial charge in [-0.1, -0.05) is 46.8 Å². The lowest BCUT2D eigenvalue weighted by molar-refractivity contribution is 0.437. The van der Waals surface area contributed by atoms with Gasteiger partial charge in [0.1, 0.15) is 0 Å². The zero-order valence-corrected chi connectivity index (χ0v) is 10.2. The molecular weight excluding hydrogens is 194 g/mol. The molecule has 15 heavy (non-hydrogen) atoms. The van der Waals surface area contributed by atoms with Gasteiger partial charge in [0, 0.05) is 0 Å². The lowest BCUT2D eigenvalue weighted by Gasteiger charge is -2.23. The molecule has 0 atom stereocenters. The van der Waals surface area contributed by atoms with Crippen molar-refractivity contribution in [1.29, 1.82) is 0 Å². The van der Waals surface area contributed by atoms with Crippen LogP contribution in [0.3, 0.4) is 0 Å². The van der Waals surface area contributed by atoms with Crippen LogP contribution in [0, 0.1) is 11.6 Å². The average molecular weight is 214 g/mol. The summed E-state index contributed by atoms with van der Waals surface area (Å²) >= 11 is 0. The molecular formula is C13H20F2. The highest BCUT2D eigenvalue weighted by Gasteiger charge is 2.23. The van der Waals surface area contributed by atoms with Gasteiger partial charge in [-0.05, 0) is 23.5 Å². The Morgan fingerprint density at radius 1 is 1.13 bits per heavy atom. The van der Waals surface area contributed by atoms with Gasteiger partial charge in [0.25, 0.3) is 0 Å². The van der Waals surface area contributed by atoms with E-state index < -0.39 is 11.6 Å². The second-order valence-corrected chi connectivity index (χ2v) is 3.84. The summed E-state index contributed by atoms with van der Waals surface area (Å²) < 4.78 is 26.2. The van der Waals surface area contributed by atoms with Gasteiger partial charge in [0.05, 0.1) is 0 Å². The van der Waals surface area contributed by atoms with E-state index in [0.29, 0.717) is 5.56 Å². The molecule has 0 fully saturated rings. The normalized spacial score (nSPS) is 10.6. The third-order valence-corrected chi connectivity index (χ3v) is 2.56. The zero-order valence-electron chi connectivity index (χ0n) is 10.2. The van der Waals surface area contributed by atoms with Crippen LogP contribution >= 0.6 is 0 Å². The number of rotatable bonds is 2. The lowest BCUT2D eigenvalue weighted by Crippen LogP contribution is -2.18. The summed E-state index contributed by atoms with van der Waals surface area (Å²) in [7, 11) is 0. The summed E-state index contributed by atoms with van der Waals surface area (Å²) in [6.07, 6.45) is 0.785. The molecule has 1 aromatic rings. The first-order valence-corrected chi connectivity index (χ1v) is 5.43. The Labute approximate surface area is 91.3 Å². The van der Waals surface area contributed by atoms with Crippen LogP contribution in [-0.2, 0) is 5.41 Å². The molecule has 0 aliphatic carbocycles. The first-order chi connectivity index (χ1) is 6.99. The minimum absolute atomic E-state index is 0.299. The van der Waals surface area contributed by atoms with Crippen molar-refractivity contribution in [2.75, 3.05) is 0 Å². The third-order valence-electron chi connectivity index (χ3n) is 2.56. The van der Waals surface area contributed by atoms with Crippen LogP contribution in [0.4, 0.5) is 8.78 Å². The van der Waals surface area contributed by atoms with Crippen molar-refractivity contribution >= 4 is 0 Å². The minimum Gasteiger partial charge on any atom is -0.204 e. The monoisotopic (exact) mass is 214 g/mol. The molecule has 0 saturated carbocycles. The Hall–Kier alpha value is -0.920. The Balaban J connectivity index is 0.000000921. The maximum absolute atomic E-state index is 13.3. The first-order valence-electron chi connectivity index (χ1n) is 5.43. The van der Waals surface area contributed by atoms with Crippen LogP contribution < -0.4 is 0 Å². The Kier molecular flexibility index (Phi) is 5.48. The summed E-state index contributed by atoms with van der Waals surface area (Å²) in [5.41, 5.74) is 0.154. The van der Waals surface area contributed by atoms with Crippen molar-refractivity contribution in [3.05, 3.63) is 35.4 Å². The average Bonchev–Trinajstić information content (AvgIpc) is 2.25. The quantitative estimate of drug-likeness (QED) is 0.670. The van der Waals surface area contributed by atoms with Crippen molar-refractivity contribution in [1.82, 2.24) is 0 Å². The Bertz CT molecular complexity index is 303. The molecule has 0 N–H and O–H groups in total. The molecule has 0 radical (unpaired) electrons. The van der Waals surface area contributed by atoms with Gasteiger partial charge in [-0.3, -0.25) is 0 Å². The number of hydrogen-bond donors (Lipinski definition) is 0. The van der Waals surface area contributed by atoms with Gasteiger partial charge in [-0.15, -0.1) is 0 Å². The van der Waals surface area contributed by atoms with Crippen molar-refractivity contribution in [2.24, 2.45) is 0 Å². The minimum atomic E-state index is -0.765. The van der Waals surface area contributed by atoms with Gasteiger partial charge in [0.2, 0.25) is 0 Å². The molecule has 0 spiro atoms. The summed E-state index contributed by atoms with van der Waals surface area (Å²) in [4.78, 5) is 0. The van der Waals surface area contributed by atoms with E-state index in [1.807, 2.05) is 34.6 Å².